The van der Waals surface area contributed by atoms with E-state index < -0.39 is 8.32 Å². The summed E-state index contributed by atoms with van der Waals surface area (Å²) in [5.41, 5.74) is 10.3. The van der Waals surface area contributed by atoms with Crippen LogP contribution >= 0.6 is 0 Å². The second-order valence-corrected chi connectivity index (χ2v) is 13.8. The standard InChI is InChI=1S/C19H33NOSi/c1-18(2,3)22(6,7)21-13-19(4,5)15-9-10-16-14(12-15)8-11-17(16)20/h9-10,12,17H,8,11,13,20H2,1-7H3. The van der Waals surface area contributed by atoms with Crippen LogP contribution in [0.5, 0.6) is 0 Å². The molecule has 1 atom stereocenters. The van der Waals surface area contributed by atoms with Gasteiger partial charge in [0.1, 0.15) is 0 Å². The maximum absolute atomic E-state index is 6.47. The van der Waals surface area contributed by atoms with Crippen molar-refractivity contribution in [3.8, 4) is 0 Å². The molecule has 1 aromatic carbocycles. The summed E-state index contributed by atoms with van der Waals surface area (Å²) in [5, 5.41) is 0.258. The van der Waals surface area contributed by atoms with Gasteiger partial charge in [0, 0.05) is 18.1 Å². The van der Waals surface area contributed by atoms with Gasteiger partial charge in [0.25, 0.3) is 0 Å². The van der Waals surface area contributed by atoms with Crippen LogP contribution in [0.25, 0.3) is 0 Å². The normalized spacial score (nSPS) is 19.4. The van der Waals surface area contributed by atoms with E-state index in [1.54, 1.807) is 0 Å². The lowest BCUT2D eigenvalue weighted by molar-refractivity contribution is 0.220. The van der Waals surface area contributed by atoms with Crippen molar-refractivity contribution in [2.24, 2.45) is 5.73 Å². The molecule has 0 radical (unpaired) electrons. The lowest BCUT2D eigenvalue weighted by Gasteiger charge is -2.39. The van der Waals surface area contributed by atoms with Gasteiger partial charge in [-0.2, -0.15) is 0 Å². The van der Waals surface area contributed by atoms with Crippen molar-refractivity contribution in [1.29, 1.82) is 0 Å². The molecule has 0 fully saturated rings. The highest BCUT2D eigenvalue weighted by Crippen LogP contribution is 2.39. The fourth-order valence-corrected chi connectivity index (χ4v) is 3.89. The highest BCUT2D eigenvalue weighted by Gasteiger charge is 2.38. The molecule has 2 rings (SSSR count). The zero-order chi connectivity index (χ0) is 16.8. The van der Waals surface area contributed by atoms with E-state index in [4.69, 9.17) is 10.2 Å². The Morgan fingerprint density at radius 1 is 1.18 bits per heavy atom. The van der Waals surface area contributed by atoms with E-state index in [9.17, 15) is 0 Å². The molecule has 2 nitrogen and oxygen atoms in total. The molecule has 0 aromatic heterocycles. The Bertz CT molecular complexity index is 543. The smallest absolute Gasteiger partial charge is 0.192 e. The average molecular weight is 320 g/mol. The molecular weight excluding hydrogens is 286 g/mol. The summed E-state index contributed by atoms with van der Waals surface area (Å²) in [7, 11) is -1.70. The van der Waals surface area contributed by atoms with Crippen LogP contribution in [0, 0.1) is 0 Å². The highest BCUT2D eigenvalue weighted by molar-refractivity contribution is 6.74. The molecule has 22 heavy (non-hydrogen) atoms. The van der Waals surface area contributed by atoms with Gasteiger partial charge in [-0.15, -0.1) is 0 Å². The van der Waals surface area contributed by atoms with Crippen molar-refractivity contribution in [1.82, 2.24) is 0 Å². The van der Waals surface area contributed by atoms with Gasteiger partial charge in [-0.05, 0) is 47.7 Å². The molecule has 0 saturated heterocycles. The number of aryl methyl sites for hydroxylation is 1. The van der Waals surface area contributed by atoms with Gasteiger partial charge < -0.3 is 10.2 Å². The molecule has 3 heteroatoms. The lowest BCUT2D eigenvalue weighted by Crippen LogP contribution is -2.43. The van der Waals surface area contributed by atoms with Crippen LogP contribution in [0.4, 0.5) is 0 Å². The molecule has 1 aromatic rings. The molecule has 0 heterocycles. The molecule has 0 aliphatic heterocycles. The van der Waals surface area contributed by atoms with E-state index in [1.165, 1.54) is 16.7 Å². The molecule has 124 valence electrons. The monoisotopic (exact) mass is 319 g/mol. The summed E-state index contributed by atoms with van der Waals surface area (Å²) in [6.45, 7) is 16.9. The second-order valence-electron chi connectivity index (χ2n) is 8.99. The van der Waals surface area contributed by atoms with E-state index >= 15 is 0 Å². The zero-order valence-corrected chi connectivity index (χ0v) is 16.4. The van der Waals surface area contributed by atoms with Crippen LogP contribution in [0.15, 0.2) is 18.2 Å². The van der Waals surface area contributed by atoms with Crippen molar-refractivity contribution >= 4 is 8.32 Å². The molecule has 0 bridgehead atoms. The highest BCUT2D eigenvalue weighted by atomic mass is 28.4. The molecular formula is C19H33NOSi. The van der Waals surface area contributed by atoms with Gasteiger partial charge in [-0.1, -0.05) is 52.8 Å². The van der Waals surface area contributed by atoms with Crippen molar-refractivity contribution in [2.45, 2.75) is 77.0 Å². The molecule has 1 aliphatic rings. The first-order valence-corrected chi connectivity index (χ1v) is 11.4. The Balaban J connectivity index is 2.14. The quantitative estimate of drug-likeness (QED) is 0.798. The first-order chi connectivity index (χ1) is 9.94. The van der Waals surface area contributed by atoms with E-state index in [0.717, 1.165) is 19.4 Å². The minimum absolute atomic E-state index is 0.0389. The number of hydrogen-bond acceptors (Lipinski definition) is 2. The summed E-state index contributed by atoms with van der Waals surface area (Å²) < 4.78 is 6.47. The van der Waals surface area contributed by atoms with Gasteiger partial charge in [-0.25, -0.2) is 0 Å². The van der Waals surface area contributed by atoms with E-state index in [1.807, 2.05) is 0 Å². The van der Waals surface area contributed by atoms with Gasteiger partial charge >= 0.3 is 0 Å². The second kappa shape index (κ2) is 5.77. The number of nitrogens with two attached hydrogens (primary N) is 1. The first-order valence-electron chi connectivity index (χ1n) is 8.47. The fraction of sp³-hybridized carbons (Fsp3) is 0.684. The average Bonchev–Trinajstić information content (AvgIpc) is 2.77. The fourth-order valence-electron chi connectivity index (χ4n) is 2.73. The van der Waals surface area contributed by atoms with Crippen LogP contribution in [0.1, 0.15) is 63.8 Å². The third-order valence-corrected chi connectivity index (χ3v) is 10.1. The van der Waals surface area contributed by atoms with E-state index in [-0.39, 0.29) is 16.5 Å². The lowest BCUT2D eigenvalue weighted by atomic mass is 9.84. The Labute approximate surface area is 137 Å². The van der Waals surface area contributed by atoms with Crippen LogP contribution < -0.4 is 5.73 Å². The van der Waals surface area contributed by atoms with E-state index in [0.29, 0.717) is 0 Å². The molecule has 1 unspecified atom stereocenters. The molecule has 0 amide bonds. The number of fused-ring (bicyclic) bond motifs is 1. The number of hydrogen-bond donors (Lipinski definition) is 1. The Morgan fingerprint density at radius 2 is 1.82 bits per heavy atom. The predicted molar refractivity (Wildman–Crippen MR) is 97.9 cm³/mol. The maximum atomic E-state index is 6.47. The summed E-state index contributed by atoms with van der Waals surface area (Å²) in [6.07, 6.45) is 2.20. The van der Waals surface area contributed by atoms with Crippen molar-refractivity contribution in [3.63, 3.8) is 0 Å². The SMILES string of the molecule is CC(C)(CO[Si](C)(C)C(C)(C)C)c1ccc2c(c1)CCC2N. The van der Waals surface area contributed by atoms with Gasteiger partial charge in [0.15, 0.2) is 8.32 Å². The Kier molecular flexibility index (Phi) is 4.64. The molecule has 1 aliphatic carbocycles. The van der Waals surface area contributed by atoms with Crippen LogP contribution in [-0.4, -0.2) is 14.9 Å². The largest absolute Gasteiger partial charge is 0.416 e. The minimum Gasteiger partial charge on any atom is -0.416 e. The van der Waals surface area contributed by atoms with Crippen molar-refractivity contribution in [3.05, 3.63) is 34.9 Å². The maximum Gasteiger partial charge on any atom is 0.192 e. The number of rotatable bonds is 4. The summed E-state index contributed by atoms with van der Waals surface area (Å²) in [5.74, 6) is 0. The zero-order valence-electron chi connectivity index (χ0n) is 15.4. The minimum atomic E-state index is -1.70. The Morgan fingerprint density at radius 3 is 2.41 bits per heavy atom. The number of benzene rings is 1. The summed E-state index contributed by atoms with van der Waals surface area (Å²) >= 11 is 0. The third kappa shape index (κ3) is 3.47. The van der Waals surface area contributed by atoms with Crippen LogP contribution in [0.2, 0.25) is 18.1 Å². The van der Waals surface area contributed by atoms with Gasteiger partial charge in [-0.3, -0.25) is 0 Å². The topological polar surface area (TPSA) is 35.2 Å². The summed E-state index contributed by atoms with van der Waals surface area (Å²) in [6, 6.07) is 7.07. The van der Waals surface area contributed by atoms with E-state index in [2.05, 4.69) is 65.9 Å². The van der Waals surface area contributed by atoms with Gasteiger partial charge in [0.05, 0.1) is 0 Å². The van der Waals surface area contributed by atoms with Crippen molar-refractivity contribution < 1.29 is 4.43 Å². The van der Waals surface area contributed by atoms with Gasteiger partial charge in [0.2, 0.25) is 0 Å². The van der Waals surface area contributed by atoms with Crippen LogP contribution in [0.3, 0.4) is 0 Å². The predicted octanol–water partition coefficient (Wildman–Crippen LogP) is 4.93. The summed E-state index contributed by atoms with van der Waals surface area (Å²) in [4.78, 5) is 0. The van der Waals surface area contributed by atoms with Crippen LogP contribution in [-0.2, 0) is 16.3 Å². The molecule has 0 saturated carbocycles. The molecule has 0 spiro atoms. The molecule has 2 N–H and O–H groups in total. The third-order valence-electron chi connectivity index (χ3n) is 5.65. The Hall–Kier alpha value is -0.643. The first kappa shape index (κ1) is 17.7. The van der Waals surface area contributed by atoms with Crippen molar-refractivity contribution in [2.75, 3.05) is 6.61 Å².